The van der Waals surface area contributed by atoms with Crippen molar-refractivity contribution in [2.45, 2.75) is 64.5 Å². The molecule has 0 radical (unpaired) electrons. The number of nitrogens with two attached hydrogens (primary N) is 2. The lowest BCUT2D eigenvalue weighted by molar-refractivity contribution is -0.510. The van der Waals surface area contributed by atoms with Gasteiger partial charge in [0.05, 0.1) is 5.56 Å². The lowest BCUT2D eigenvalue weighted by Gasteiger charge is -2.41. The number of amides is 3. The summed E-state index contributed by atoms with van der Waals surface area (Å²) in [6.07, 6.45) is 5.38. The number of nitrogens with zero attached hydrogens (tertiary/aromatic N) is 3. The molecule has 0 spiro atoms. The highest BCUT2D eigenvalue weighted by Crippen LogP contribution is 2.29. The minimum atomic E-state index is -0.296. The van der Waals surface area contributed by atoms with Crippen molar-refractivity contribution in [1.82, 2.24) is 20.5 Å². The zero-order chi connectivity index (χ0) is 30.6. The van der Waals surface area contributed by atoms with Gasteiger partial charge < -0.3 is 20.4 Å². The molecule has 0 unspecified atom stereocenters. The Morgan fingerprint density at radius 2 is 1.86 bits per heavy atom. The van der Waals surface area contributed by atoms with Crippen LogP contribution in [0.4, 0.5) is 14.9 Å². The van der Waals surface area contributed by atoms with Gasteiger partial charge >= 0.3 is 11.9 Å². The predicted molar refractivity (Wildman–Crippen MR) is 165 cm³/mol. The van der Waals surface area contributed by atoms with E-state index in [9.17, 15) is 14.0 Å². The summed E-state index contributed by atoms with van der Waals surface area (Å²) in [4.78, 5) is 29.7. The fraction of sp³-hybridized carbons (Fsp3) is 0.516. The third kappa shape index (κ3) is 9.70. The zero-order valence-electron chi connectivity index (χ0n) is 25.4. The fourth-order valence-corrected chi connectivity index (χ4v) is 5.78. The Labute approximate surface area is 249 Å². The van der Waals surface area contributed by atoms with E-state index in [4.69, 9.17) is 11.7 Å². The molecule has 2 aromatic rings. The SMILES string of the molecule is CCCN(CCCc1ccc(F)cc1)C[C@@H]1CC[C@@H](N(C)C(C)=O)C[C@H]1NC(=O)Nc1cccc(/C(NN)=[N+](\C)N)c1. The van der Waals surface area contributed by atoms with Gasteiger partial charge in [-0.3, -0.25) is 10.6 Å². The smallest absolute Gasteiger partial charge is 0.319 e. The molecular weight excluding hydrogens is 535 g/mol. The number of hydrogen-bond donors (Lipinski definition) is 5. The number of benzene rings is 2. The number of hydrazine groups is 2. The first-order valence-electron chi connectivity index (χ1n) is 14.8. The van der Waals surface area contributed by atoms with Crippen LogP contribution in [0.3, 0.4) is 0 Å². The number of hydrazone groups is 1. The quantitative estimate of drug-likeness (QED) is 0.0858. The largest absolute Gasteiger partial charge is 0.343 e. The molecule has 3 amide bonds. The fourth-order valence-electron chi connectivity index (χ4n) is 5.78. The van der Waals surface area contributed by atoms with Gasteiger partial charge in [-0.1, -0.05) is 25.1 Å². The van der Waals surface area contributed by atoms with Crippen LogP contribution in [0.15, 0.2) is 48.5 Å². The Morgan fingerprint density at radius 3 is 2.50 bits per heavy atom. The van der Waals surface area contributed by atoms with E-state index >= 15 is 0 Å². The lowest BCUT2D eigenvalue weighted by atomic mass is 9.80. The van der Waals surface area contributed by atoms with Gasteiger partial charge in [0.25, 0.3) is 0 Å². The lowest BCUT2D eigenvalue weighted by Crippen LogP contribution is -2.53. The number of rotatable bonds is 12. The molecule has 230 valence electrons. The Morgan fingerprint density at radius 1 is 1.12 bits per heavy atom. The van der Waals surface area contributed by atoms with E-state index in [2.05, 4.69) is 27.9 Å². The molecule has 42 heavy (non-hydrogen) atoms. The number of nitrogens with one attached hydrogen (secondary N) is 3. The Hall–Kier alpha value is -3.70. The zero-order valence-corrected chi connectivity index (χ0v) is 25.4. The number of carbonyl (C=O) groups excluding carboxylic acids is 2. The molecule has 0 aromatic heterocycles. The van der Waals surface area contributed by atoms with Gasteiger partial charge in [-0.2, -0.15) is 16.0 Å². The van der Waals surface area contributed by atoms with Crippen molar-refractivity contribution in [3.63, 3.8) is 0 Å². The maximum atomic E-state index is 13.3. The third-order valence-corrected chi connectivity index (χ3v) is 8.10. The van der Waals surface area contributed by atoms with Crippen LogP contribution in [0.1, 0.15) is 57.1 Å². The molecule has 3 atom stereocenters. The monoisotopic (exact) mass is 583 g/mol. The van der Waals surface area contributed by atoms with Crippen molar-refractivity contribution in [3.05, 3.63) is 65.5 Å². The molecule has 2 aromatic carbocycles. The van der Waals surface area contributed by atoms with E-state index in [1.54, 1.807) is 24.9 Å². The molecule has 11 heteroatoms. The van der Waals surface area contributed by atoms with E-state index in [1.165, 1.54) is 16.8 Å². The molecule has 1 aliphatic carbocycles. The first-order chi connectivity index (χ1) is 20.1. The number of anilines is 1. The molecule has 0 heterocycles. The van der Waals surface area contributed by atoms with Crippen LogP contribution in [0.25, 0.3) is 0 Å². The molecule has 1 fully saturated rings. The molecule has 7 N–H and O–H groups in total. The Bertz CT molecular complexity index is 1200. The maximum absolute atomic E-state index is 13.3. The second kappa shape index (κ2) is 16.1. The number of urea groups is 1. The predicted octanol–water partition coefficient (Wildman–Crippen LogP) is 3.03. The van der Waals surface area contributed by atoms with Crippen LogP contribution >= 0.6 is 0 Å². The number of aryl methyl sites for hydroxylation is 1. The standard InChI is InChI=1S/C31H47FN8O2/c1-5-17-40(18-7-8-23-11-14-26(32)15-12-23)21-25-13-16-28(38(3)22(2)41)20-29(25)36-31(42)35-27-10-6-9-24(19-27)30(37-33)39(4)34/h6,9-12,14-15,19,25,28-29H,5,7-8,13,16-18,20-21,33-34H2,1-4H3,(H2,35,36,42)/p+1/t25-,28+,29+/m0/s1. The van der Waals surface area contributed by atoms with E-state index in [1.807, 2.05) is 37.4 Å². The number of amidine groups is 1. The molecular formula is C31H48FN8O2+. The van der Waals surface area contributed by atoms with E-state index in [0.717, 1.165) is 62.9 Å². The van der Waals surface area contributed by atoms with Gasteiger partial charge in [-0.25, -0.2) is 9.18 Å². The van der Waals surface area contributed by atoms with Gasteiger partial charge in [0.15, 0.2) is 0 Å². The first kappa shape index (κ1) is 32.8. The second-order valence-corrected chi connectivity index (χ2v) is 11.3. The minimum absolute atomic E-state index is 0.0253. The number of carbonyl (C=O) groups is 2. The van der Waals surface area contributed by atoms with Crippen LogP contribution < -0.4 is 27.7 Å². The van der Waals surface area contributed by atoms with Crippen LogP contribution in [0, 0.1) is 11.7 Å². The van der Waals surface area contributed by atoms with Crippen molar-refractivity contribution in [2.75, 3.05) is 39.0 Å². The molecule has 3 rings (SSSR count). The summed E-state index contributed by atoms with van der Waals surface area (Å²) in [5.74, 6) is 12.0. The summed E-state index contributed by atoms with van der Waals surface area (Å²) in [5.41, 5.74) is 5.06. The summed E-state index contributed by atoms with van der Waals surface area (Å²) in [6.45, 7) is 6.50. The first-order valence-corrected chi connectivity index (χ1v) is 14.8. The van der Waals surface area contributed by atoms with Crippen molar-refractivity contribution in [1.29, 1.82) is 0 Å². The summed E-state index contributed by atoms with van der Waals surface area (Å²) >= 11 is 0. The highest BCUT2D eigenvalue weighted by Gasteiger charge is 2.35. The van der Waals surface area contributed by atoms with Gasteiger partial charge in [0.1, 0.15) is 12.9 Å². The third-order valence-electron chi connectivity index (χ3n) is 8.10. The van der Waals surface area contributed by atoms with Crippen LogP contribution in [-0.2, 0) is 11.2 Å². The van der Waals surface area contributed by atoms with Crippen molar-refractivity contribution in [3.8, 4) is 0 Å². The van der Waals surface area contributed by atoms with Crippen LogP contribution in [-0.4, -0.2) is 78.1 Å². The Balaban J connectivity index is 1.69. The Kier molecular flexibility index (Phi) is 12.6. The van der Waals surface area contributed by atoms with Gasteiger partial charge in [-0.15, -0.1) is 0 Å². The van der Waals surface area contributed by atoms with E-state index in [-0.39, 0.29) is 35.8 Å². The summed E-state index contributed by atoms with van der Waals surface area (Å²) in [5, 5.41) is 6.19. The number of halogens is 1. The van der Waals surface area contributed by atoms with Gasteiger partial charge in [0.2, 0.25) is 5.91 Å². The molecule has 1 saturated carbocycles. The molecule has 1 aliphatic rings. The van der Waals surface area contributed by atoms with Crippen LogP contribution in [0.2, 0.25) is 0 Å². The van der Waals surface area contributed by atoms with Crippen molar-refractivity contribution >= 4 is 23.5 Å². The average molecular weight is 584 g/mol. The van der Waals surface area contributed by atoms with Gasteiger partial charge in [-0.05, 0) is 93.4 Å². The van der Waals surface area contributed by atoms with Crippen molar-refractivity contribution in [2.24, 2.45) is 17.6 Å². The van der Waals surface area contributed by atoms with Gasteiger partial charge in [0, 0.05) is 38.3 Å². The van der Waals surface area contributed by atoms with Crippen LogP contribution in [0.5, 0.6) is 0 Å². The highest BCUT2D eigenvalue weighted by molar-refractivity contribution is 5.97. The maximum Gasteiger partial charge on any atom is 0.319 e. The molecule has 0 bridgehead atoms. The second-order valence-electron chi connectivity index (χ2n) is 11.3. The number of hydrogen-bond acceptors (Lipinski definition) is 5. The average Bonchev–Trinajstić information content (AvgIpc) is 2.95. The summed E-state index contributed by atoms with van der Waals surface area (Å²) in [6, 6.07) is 13.7. The topological polar surface area (TPSA) is 132 Å². The van der Waals surface area contributed by atoms with E-state index in [0.29, 0.717) is 17.9 Å². The summed E-state index contributed by atoms with van der Waals surface area (Å²) in [7, 11) is 3.51. The molecule has 0 aliphatic heterocycles. The van der Waals surface area contributed by atoms with E-state index < -0.39 is 0 Å². The minimum Gasteiger partial charge on any atom is -0.343 e. The highest BCUT2D eigenvalue weighted by atomic mass is 19.1. The summed E-state index contributed by atoms with van der Waals surface area (Å²) < 4.78 is 14.7. The molecule has 0 saturated heterocycles. The normalized spacial score (nSPS) is 19.2. The molecule has 10 nitrogen and oxygen atoms in total. The van der Waals surface area contributed by atoms with Crippen molar-refractivity contribution < 1.29 is 18.7 Å².